The number of rotatable bonds is 9. The van der Waals surface area contributed by atoms with Crippen molar-refractivity contribution in [3.63, 3.8) is 0 Å². The summed E-state index contributed by atoms with van der Waals surface area (Å²) in [5.74, 6) is 0.420. The summed E-state index contributed by atoms with van der Waals surface area (Å²) >= 11 is 0. The number of nitrogens with one attached hydrogen (secondary N) is 1. The molecule has 1 N–H and O–H groups in total. The van der Waals surface area contributed by atoms with Crippen LogP contribution in [-0.2, 0) is 10.2 Å². The Morgan fingerprint density at radius 2 is 2.14 bits per heavy atom. The molecule has 0 spiro atoms. The standard InChI is InChI=1S/C15H31N3O2S/c1-5-9-16-11-15-8-7-10-18(13-15)21(19,20)17(6-2)12-14(3)4/h15-16H,3,5-13H2,1-2,4H3. The molecule has 21 heavy (non-hydrogen) atoms. The number of nitrogens with zero attached hydrogens (tertiary/aromatic N) is 2. The lowest BCUT2D eigenvalue weighted by Crippen LogP contribution is -2.49. The highest BCUT2D eigenvalue weighted by Crippen LogP contribution is 2.21. The Labute approximate surface area is 130 Å². The van der Waals surface area contributed by atoms with Crippen molar-refractivity contribution < 1.29 is 8.42 Å². The van der Waals surface area contributed by atoms with Crippen LogP contribution in [0.25, 0.3) is 0 Å². The van der Waals surface area contributed by atoms with E-state index in [1.54, 1.807) is 4.31 Å². The van der Waals surface area contributed by atoms with Gasteiger partial charge in [0.15, 0.2) is 0 Å². The van der Waals surface area contributed by atoms with Gasteiger partial charge in [0.2, 0.25) is 0 Å². The van der Waals surface area contributed by atoms with E-state index in [2.05, 4.69) is 18.8 Å². The van der Waals surface area contributed by atoms with Gasteiger partial charge in [-0.3, -0.25) is 0 Å². The summed E-state index contributed by atoms with van der Waals surface area (Å²) in [5, 5.41) is 3.40. The second-order valence-corrected chi connectivity index (χ2v) is 7.89. The van der Waals surface area contributed by atoms with Crippen molar-refractivity contribution in [2.75, 3.05) is 39.3 Å². The topological polar surface area (TPSA) is 52.7 Å². The molecular formula is C15H31N3O2S. The molecule has 1 rings (SSSR count). The molecule has 1 atom stereocenters. The molecule has 1 fully saturated rings. The zero-order chi connectivity index (χ0) is 15.9. The third kappa shape index (κ3) is 5.70. The third-order valence-corrected chi connectivity index (χ3v) is 5.82. The molecule has 6 heteroatoms. The molecule has 1 saturated heterocycles. The Hall–Kier alpha value is -0.430. The van der Waals surface area contributed by atoms with Crippen molar-refractivity contribution in [3.8, 4) is 0 Å². The summed E-state index contributed by atoms with van der Waals surface area (Å²) in [4.78, 5) is 0. The minimum absolute atomic E-state index is 0.411. The maximum atomic E-state index is 12.7. The van der Waals surface area contributed by atoms with E-state index >= 15 is 0 Å². The molecule has 0 aromatic rings. The summed E-state index contributed by atoms with van der Waals surface area (Å²) in [7, 11) is -3.35. The molecule has 5 nitrogen and oxygen atoms in total. The van der Waals surface area contributed by atoms with E-state index in [1.165, 1.54) is 4.31 Å². The summed E-state index contributed by atoms with van der Waals surface area (Å²) in [6, 6.07) is 0. The van der Waals surface area contributed by atoms with Crippen LogP contribution in [0.1, 0.15) is 40.0 Å². The first kappa shape index (κ1) is 18.6. The summed E-state index contributed by atoms with van der Waals surface area (Å²) in [6.07, 6.45) is 3.16. The first-order valence-electron chi connectivity index (χ1n) is 8.02. The Morgan fingerprint density at radius 3 is 2.71 bits per heavy atom. The summed E-state index contributed by atoms with van der Waals surface area (Å²) < 4.78 is 28.6. The van der Waals surface area contributed by atoms with Crippen molar-refractivity contribution in [2.24, 2.45) is 5.92 Å². The van der Waals surface area contributed by atoms with E-state index < -0.39 is 10.2 Å². The van der Waals surface area contributed by atoms with Crippen molar-refractivity contribution in [1.82, 2.24) is 13.9 Å². The average Bonchev–Trinajstić information content (AvgIpc) is 2.45. The van der Waals surface area contributed by atoms with Crippen LogP contribution in [0.4, 0.5) is 0 Å². The van der Waals surface area contributed by atoms with E-state index in [9.17, 15) is 8.42 Å². The lowest BCUT2D eigenvalue weighted by Gasteiger charge is -2.35. The van der Waals surface area contributed by atoms with Crippen LogP contribution >= 0.6 is 0 Å². The van der Waals surface area contributed by atoms with E-state index in [1.807, 2.05) is 13.8 Å². The number of hydrogen-bond acceptors (Lipinski definition) is 3. The Kier molecular flexibility index (Phi) is 7.87. The van der Waals surface area contributed by atoms with Gasteiger partial charge in [0, 0.05) is 26.2 Å². The Balaban J connectivity index is 2.66. The molecule has 1 heterocycles. The second-order valence-electron chi connectivity index (χ2n) is 5.96. The van der Waals surface area contributed by atoms with Gasteiger partial charge in [-0.05, 0) is 45.2 Å². The van der Waals surface area contributed by atoms with Crippen molar-refractivity contribution in [2.45, 2.75) is 40.0 Å². The molecule has 0 radical (unpaired) electrons. The van der Waals surface area contributed by atoms with Crippen LogP contribution in [0.3, 0.4) is 0 Å². The third-order valence-electron chi connectivity index (χ3n) is 3.79. The van der Waals surface area contributed by atoms with Crippen molar-refractivity contribution in [3.05, 3.63) is 12.2 Å². The van der Waals surface area contributed by atoms with Crippen molar-refractivity contribution in [1.29, 1.82) is 0 Å². The molecule has 124 valence electrons. The zero-order valence-electron chi connectivity index (χ0n) is 13.8. The predicted molar refractivity (Wildman–Crippen MR) is 88.4 cm³/mol. The first-order valence-corrected chi connectivity index (χ1v) is 9.41. The molecule has 1 unspecified atom stereocenters. The summed E-state index contributed by atoms with van der Waals surface area (Å²) in [5.41, 5.74) is 0.874. The van der Waals surface area contributed by atoms with E-state index in [0.29, 0.717) is 32.1 Å². The van der Waals surface area contributed by atoms with Crippen LogP contribution in [0.2, 0.25) is 0 Å². The normalized spacial score (nSPS) is 20.9. The first-order chi connectivity index (χ1) is 9.91. The quantitative estimate of drug-likeness (QED) is 0.521. The van der Waals surface area contributed by atoms with Crippen molar-refractivity contribution >= 4 is 10.2 Å². The molecule has 0 amide bonds. The minimum atomic E-state index is -3.35. The Morgan fingerprint density at radius 1 is 1.43 bits per heavy atom. The Bertz CT molecular complexity index is 423. The van der Waals surface area contributed by atoms with Gasteiger partial charge in [0.05, 0.1) is 0 Å². The molecule has 1 aliphatic heterocycles. The van der Waals surface area contributed by atoms with Gasteiger partial charge in [-0.25, -0.2) is 0 Å². The fourth-order valence-electron chi connectivity index (χ4n) is 2.71. The van der Waals surface area contributed by atoms with Crippen LogP contribution in [0.5, 0.6) is 0 Å². The fraction of sp³-hybridized carbons (Fsp3) is 0.867. The number of likely N-dealkylation sites (N-methyl/N-ethyl adjacent to an activating group) is 1. The highest BCUT2D eigenvalue weighted by molar-refractivity contribution is 7.86. The van der Waals surface area contributed by atoms with Gasteiger partial charge in [0.1, 0.15) is 0 Å². The SMILES string of the molecule is C=C(C)CN(CC)S(=O)(=O)N1CCCC(CNCCC)C1. The van der Waals surface area contributed by atoms with E-state index in [-0.39, 0.29) is 0 Å². The highest BCUT2D eigenvalue weighted by Gasteiger charge is 2.32. The zero-order valence-corrected chi connectivity index (χ0v) is 14.6. The van der Waals surface area contributed by atoms with Crippen LogP contribution < -0.4 is 5.32 Å². The van der Waals surface area contributed by atoms with Crippen LogP contribution in [0, 0.1) is 5.92 Å². The maximum absolute atomic E-state index is 12.7. The minimum Gasteiger partial charge on any atom is -0.316 e. The molecule has 1 aliphatic rings. The number of piperidine rings is 1. The molecule has 0 bridgehead atoms. The van der Waals surface area contributed by atoms with Crippen LogP contribution in [0.15, 0.2) is 12.2 Å². The van der Waals surface area contributed by atoms with Gasteiger partial charge in [-0.15, -0.1) is 0 Å². The smallest absolute Gasteiger partial charge is 0.282 e. The van der Waals surface area contributed by atoms with Gasteiger partial charge in [-0.2, -0.15) is 17.0 Å². The number of hydrogen-bond donors (Lipinski definition) is 1. The highest BCUT2D eigenvalue weighted by atomic mass is 32.2. The summed E-state index contributed by atoms with van der Waals surface area (Å²) in [6.45, 7) is 13.8. The monoisotopic (exact) mass is 317 g/mol. The predicted octanol–water partition coefficient (Wildman–Crippen LogP) is 1.84. The molecule has 0 saturated carbocycles. The van der Waals surface area contributed by atoms with Gasteiger partial charge >= 0.3 is 0 Å². The van der Waals surface area contributed by atoms with Gasteiger partial charge < -0.3 is 5.32 Å². The van der Waals surface area contributed by atoms with E-state index in [4.69, 9.17) is 0 Å². The van der Waals surface area contributed by atoms with Crippen LogP contribution in [-0.4, -0.2) is 56.3 Å². The molecule has 0 aromatic carbocycles. The molecule has 0 aliphatic carbocycles. The lowest BCUT2D eigenvalue weighted by molar-refractivity contribution is 0.245. The largest absolute Gasteiger partial charge is 0.316 e. The fourth-order valence-corrected chi connectivity index (χ4v) is 4.50. The average molecular weight is 317 g/mol. The molecular weight excluding hydrogens is 286 g/mol. The lowest BCUT2D eigenvalue weighted by atomic mass is 10.00. The molecule has 0 aromatic heterocycles. The van der Waals surface area contributed by atoms with Gasteiger partial charge in [0.25, 0.3) is 10.2 Å². The van der Waals surface area contributed by atoms with E-state index in [0.717, 1.165) is 37.9 Å². The maximum Gasteiger partial charge on any atom is 0.282 e. The second kappa shape index (κ2) is 8.88. The van der Waals surface area contributed by atoms with Gasteiger partial charge in [-0.1, -0.05) is 26.0 Å².